The summed E-state index contributed by atoms with van der Waals surface area (Å²) in [5.74, 6) is 0.789. The van der Waals surface area contributed by atoms with Crippen molar-refractivity contribution in [3.8, 4) is 0 Å². The van der Waals surface area contributed by atoms with Crippen LogP contribution in [0.4, 0.5) is 0 Å². The quantitative estimate of drug-likeness (QED) is 0.603. The van der Waals surface area contributed by atoms with Gasteiger partial charge in [0.2, 0.25) is 6.39 Å². The van der Waals surface area contributed by atoms with Gasteiger partial charge in [-0.1, -0.05) is 50.6 Å². The molecule has 1 aromatic heterocycles. The summed E-state index contributed by atoms with van der Waals surface area (Å²) in [6.07, 6.45) is 11.8. The first-order chi connectivity index (χ1) is 8.43. The highest BCUT2D eigenvalue weighted by molar-refractivity contribution is 4.78. The second-order valence-electron chi connectivity index (χ2n) is 4.47. The molecule has 0 saturated heterocycles. The molecule has 4 nitrogen and oxygen atoms in total. The average Bonchev–Trinajstić information content (AvgIpc) is 2.85. The maximum Gasteiger partial charge on any atom is 0.213 e. The molecule has 0 aliphatic heterocycles. The number of aromatic nitrogens is 2. The lowest BCUT2D eigenvalue weighted by Crippen LogP contribution is -2.18. The molecule has 0 atom stereocenters. The fourth-order valence-electron chi connectivity index (χ4n) is 1.83. The maximum atomic E-state index is 4.67. The molecule has 0 saturated carbocycles. The maximum absolute atomic E-state index is 4.67. The minimum absolute atomic E-state index is 0.789. The fraction of sp³-hybridized carbons (Fsp3) is 0.846. The first-order valence-corrected chi connectivity index (χ1v) is 6.89. The van der Waals surface area contributed by atoms with Crippen LogP contribution in [0.5, 0.6) is 0 Å². The van der Waals surface area contributed by atoms with Gasteiger partial charge in [0, 0.05) is 13.0 Å². The van der Waals surface area contributed by atoms with Crippen molar-refractivity contribution in [2.24, 2.45) is 0 Å². The zero-order chi connectivity index (χ0) is 12.2. The molecule has 1 rings (SSSR count). The lowest BCUT2D eigenvalue weighted by Gasteiger charge is -2.03. The Labute approximate surface area is 104 Å². The van der Waals surface area contributed by atoms with Crippen LogP contribution in [0.2, 0.25) is 0 Å². The molecule has 0 aromatic carbocycles. The second kappa shape index (κ2) is 10.3. The molecule has 0 spiro atoms. The molecule has 4 heteroatoms. The van der Waals surface area contributed by atoms with E-state index in [0.717, 1.165) is 25.3 Å². The van der Waals surface area contributed by atoms with E-state index in [1.165, 1.54) is 51.3 Å². The molecule has 17 heavy (non-hydrogen) atoms. The Morgan fingerprint density at radius 3 is 2.53 bits per heavy atom. The van der Waals surface area contributed by atoms with E-state index in [1.54, 1.807) is 0 Å². The molecule has 0 amide bonds. The molecule has 0 fully saturated rings. The van der Waals surface area contributed by atoms with Crippen molar-refractivity contribution in [1.82, 2.24) is 15.5 Å². The summed E-state index contributed by atoms with van der Waals surface area (Å²) in [5, 5.41) is 7.17. The van der Waals surface area contributed by atoms with Crippen LogP contribution in [0, 0.1) is 0 Å². The molecule has 1 aromatic rings. The predicted molar refractivity (Wildman–Crippen MR) is 68.9 cm³/mol. The number of hydrogen-bond acceptors (Lipinski definition) is 4. The first-order valence-electron chi connectivity index (χ1n) is 6.89. The van der Waals surface area contributed by atoms with Crippen molar-refractivity contribution < 1.29 is 4.52 Å². The highest BCUT2D eigenvalue weighted by Gasteiger charge is 1.97. The van der Waals surface area contributed by atoms with Crippen molar-refractivity contribution in [3.63, 3.8) is 0 Å². The van der Waals surface area contributed by atoms with E-state index < -0.39 is 0 Å². The first kappa shape index (κ1) is 14.2. The van der Waals surface area contributed by atoms with E-state index in [-0.39, 0.29) is 0 Å². The Balaban J connectivity index is 1.76. The molecule has 0 aliphatic rings. The SMILES string of the molecule is CCCCCCCCCNCCc1ncon1. The van der Waals surface area contributed by atoms with Crippen molar-refractivity contribution in [1.29, 1.82) is 0 Å². The van der Waals surface area contributed by atoms with E-state index >= 15 is 0 Å². The van der Waals surface area contributed by atoms with Crippen LogP contribution in [0.25, 0.3) is 0 Å². The van der Waals surface area contributed by atoms with E-state index in [0.29, 0.717) is 0 Å². The average molecular weight is 239 g/mol. The number of nitrogens with one attached hydrogen (secondary N) is 1. The van der Waals surface area contributed by atoms with Gasteiger partial charge in [0.15, 0.2) is 5.82 Å². The van der Waals surface area contributed by atoms with Gasteiger partial charge in [-0.3, -0.25) is 0 Å². The van der Waals surface area contributed by atoms with E-state index in [9.17, 15) is 0 Å². The van der Waals surface area contributed by atoms with E-state index in [1.807, 2.05) is 0 Å². The van der Waals surface area contributed by atoms with Crippen LogP contribution in [-0.2, 0) is 6.42 Å². The highest BCUT2D eigenvalue weighted by Crippen LogP contribution is 2.06. The summed E-state index contributed by atoms with van der Waals surface area (Å²) in [6, 6.07) is 0. The third kappa shape index (κ3) is 7.91. The van der Waals surface area contributed by atoms with Gasteiger partial charge in [-0.25, -0.2) is 0 Å². The van der Waals surface area contributed by atoms with Crippen LogP contribution in [0.3, 0.4) is 0 Å². The number of rotatable bonds is 11. The van der Waals surface area contributed by atoms with Gasteiger partial charge in [-0.05, 0) is 13.0 Å². The van der Waals surface area contributed by atoms with Crippen LogP contribution in [-0.4, -0.2) is 23.2 Å². The second-order valence-corrected chi connectivity index (χ2v) is 4.47. The van der Waals surface area contributed by atoms with Gasteiger partial charge < -0.3 is 9.84 Å². The standard InChI is InChI=1S/C13H25N3O/c1-2-3-4-5-6-7-8-10-14-11-9-13-15-12-17-16-13/h12,14H,2-11H2,1H3. The number of nitrogens with zero attached hydrogens (tertiary/aromatic N) is 2. The Hall–Kier alpha value is -0.900. The lowest BCUT2D eigenvalue weighted by atomic mass is 10.1. The van der Waals surface area contributed by atoms with E-state index in [4.69, 9.17) is 0 Å². The van der Waals surface area contributed by atoms with Crippen LogP contribution in [0.15, 0.2) is 10.9 Å². The Bertz CT molecular complexity index is 249. The molecular formula is C13H25N3O. The van der Waals surface area contributed by atoms with Crippen LogP contribution >= 0.6 is 0 Å². The Morgan fingerprint density at radius 2 is 1.82 bits per heavy atom. The number of unbranched alkanes of at least 4 members (excludes halogenated alkanes) is 6. The van der Waals surface area contributed by atoms with Gasteiger partial charge in [0.05, 0.1) is 0 Å². The Morgan fingerprint density at radius 1 is 1.06 bits per heavy atom. The monoisotopic (exact) mass is 239 g/mol. The summed E-state index contributed by atoms with van der Waals surface area (Å²) in [7, 11) is 0. The lowest BCUT2D eigenvalue weighted by molar-refractivity contribution is 0.409. The van der Waals surface area contributed by atoms with Crippen LogP contribution < -0.4 is 5.32 Å². The Kier molecular flexibility index (Phi) is 8.55. The van der Waals surface area contributed by atoms with Gasteiger partial charge >= 0.3 is 0 Å². The molecule has 0 radical (unpaired) electrons. The van der Waals surface area contributed by atoms with Crippen molar-refractivity contribution >= 4 is 0 Å². The third-order valence-electron chi connectivity index (χ3n) is 2.89. The van der Waals surface area contributed by atoms with Gasteiger partial charge in [-0.15, -0.1) is 0 Å². The van der Waals surface area contributed by atoms with Crippen molar-refractivity contribution in [3.05, 3.63) is 12.2 Å². The van der Waals surface area contributed by atoms with Gasteiger partial charge in [-0.2, -0.15) is 4.98 Å². The smallest absolute Gasteiger partial charge is 0.213 e. The predicted octanol–water partition coefficient (Wildman–Crippen LogP) is 2.95. The van der Waals surface area contributed by atoms with Gasteiger partial charge in [0.25, 0.3) is 0 Å². The zero-order valence-corrected chi connectivity index (χ0v) is 11.0. The molecule has 1 heterocycles. The van der Waals surface area contributed by atoms with Gasteiger partial charge in [0.1, 0.15) is 0 Å². The molecule has 1 N–H and O–H groups in total. The molecule has 0 unspecified atom stereocenters. The minimum Gasteiger partial charge on any atom is -0.343 e. The number of hydrogen-bond donors (Lipinski definition) is 1. The summed E-state index contributed by atoms with van der Waals surface area (Å²) in [4.78, 5) is 3.97. The largest absolute Gasteiger partial charge is 0.343 e. The van der Waals surface area contributed by atoms with E-state index in [2.05, 4.69) is 26.9 Å². The van der Waals surface area contributed by atoms with Crippen LogP contribution in [0.1, 0.15) is 57.7 Å². The normalized spacial score (nSPS) is 10.9. The molecule has 0 aliphatic carbocycles. The molecule has 0 bridgehead atoms. The van der Waals surface area contributed by atoms with Crippen molar-refractivity contribution in [2.45, 2.75) is 58.3 Å². The topological polar surface area (TPSA) is 51.0 Å². The van der Waals surface area contributed by atoms with Crippen molar-refractivity contribution in [2.75, 3.05) is 13.1 Å². The summed E-state index contributed by atoms with van der Waals surface area (Å²) in [6.45, 7) is 4.30. The summed E-state index contributed by atoms with van der Waals surface area (Å²) in [5.41, 5.74) is 0. The highest BCUT2D eigenvalue weighted by atomic mass is 16.5. The summed E-state index contributed by atoms with van der Waals surface area (Å²) < 4.78 is 4.67. The zero-order valence-electron chi connectivity index (χ0n) is 11.0. The molecule has 98 valence electrons. The minimum atomic E-state index is 0.789. The summed E-state index contributed by atoms with van der Waals surface area (Å²) >= 11 is 0. The third-order valence-corrected chi connectivity index (χ3v) is 2.89. The molecular weight excluding hydrogens is 214 g/mol. The fourth-order valence-corrected chi connectivity index (χ4v) is 1.83.